The van der Waals surface area contributed by atoms with Gasteiger partial charge in [-0.15, -0.1) is 10.2 Å². The maximum atomic E-state index is 12.0. The second-order valence-electron chi connectivity index (χ2n) is 5.05. The van der Waals surface area contributed by atoms with Gasteiger partial charge in [-0.25, -0.2) is 4.98 Å². The van der Waals surface area contributed by atoms with E-state index < -0.39 is 0 Å². The van der Waals surface area contributed by atoms with Gasteiger partial charge in [0.2, 0.25) is 0 Å². The molecule has 1 amide bonds. The van der Waals surface area contributed by atoms with E-state index >= 15 is 0 Å². The number of nitrogens with one attached hydrogen (secondary N) is 2. The summed E-state index contributed by atoms with van der Waals surface area (Å²) in [5.41, 5.74) is 1.34. The van der Waals surface area contributed by atoms with Gasteiger partial charge in [-0.05, 0) is 25.0 Å². The number of amides is 1. The second-order valence-corrected chi connectivity index (χ2v) is 5.05. The number of imidazole rings is 1. The number of carbonyl (C=O) groups excluding carboxylic acids is 1. The number of hydrogen-bond acceptors (Lipinski definition) is 5. The lowest BCUT2D eigenvalue weighted by Gasteiger charge is -2.15. The lowest BCUT2D eigenvalue weighted by Crippen LogP contribution is -2.27. The number of hydrogen-bond donors (Lipinski definition) is 2. The lowest BCUT2D eigenvalue weighted by atomic mass is 10.3. The quantitative estimate of drug-likeness (QED) is 0.848. The Hall–Kier alpha value is -2.44. The molecule has 0 unspecified atom stereocenters. The second kappa shape index (κ2) is 6.34. The van der Waals surface area contributed by atoms with E-state index in [0.29, 0.717) is 18.7 Å². The van der Waals surface area contributed by atoms with Crippen molar-refractivity contribution in [2.45, 2.75) is 19.3 Å². The minimum atomic E-state index is -0.199. The Bertz CT molecular complexity index is 574. The molecular formula is C14H18N6O. The number of aromatic amines is 1. The van der Waals surface area contributed by atoms with Gasteiger partial charge in [0.05, 0.1) is 6.33 Å². The van der Waals surface area contributed by atoms with E-state index in [1.165, 1.54) is 12.8 Å². The first kappa shape index (κ1) is 13.5. The van der Waals surface area contributed by atoms with Crippen LogP contribution in [0.2, 0.25) is 0 Å². The SMILES string of the molecule is O=C(NCCc1cnc[nH]1)c1ccc(N2CCCC2)nn1. The fourth-order valence-corrected chi connectivity index (χ4v) is 2.38. The summed E-state index contributed by atoms with van der Waals surface area (Å²) in [5, 5.41) is 11.0. The standard InChI is InChI=1S/C14H18N6O/c21-14(16-6-5-11-9-15-10-17-11)12-3-4-13(19-18-12)20-7-1-2-8-20/h3-4,9-10H,1-2,5-8H2,(H,15,17)(H,16,21). The Morgan fingerprint density at radius 1 is 1.29 bits per heavy atom. The van der Waals surface area contributed by atoms with Crippen LogP contribution in [0.4, 0.5) is 5.82 Å². The summed E-state index contributed by atoms with van der Waals surface area (Å²) in [5.74, 6) is 0.650. The summed E-state index contributed by atoms with van der Waals surface area (Å²) in [4.78, 5) is 21.1. The van der Waals surface area contributed by atoms with Crippen LogP contribution in [0.1, 0.15) is 29.0 Å². The molecule has 0 aliphatic carbocycles. The molecule has 1 saturated heterocycles. The highest BCUT2D eigenvalue weighted by Crippen LogP contribution is 2.16. The van der Waals surface area contributed by atoms with Gasteiger partial charge < -0.3 is 15.2 Å². The van der Waals surface area contributed by atoms with Crippen molar-refractivity contribution in [2.24, 2.45) is 0 Å². The van der Waals surface area contributed by atoms with E-state index in [4.69, 9.17) is 0 Å². The van der Waals surface area contributed by atoms with Crippen LogP contribution in [-0.2, 0) is 6.42 Å². The highest BCUT2D eigenvalue weighted by atomic mass is 16.1. The molecule has 1 aliphatic heterocycles. The molecule has 3 rings (SSSR count). The molecule has 3 heterocycles. The zero-order valence-corrected chi connectivity index (χ0v) is 11.7. The molecule has 0 aromatic carbocycles. The number of aromatic nitrogens is 4. The topological polar surface area (TPSA) is 86.8 Å². The minimum Gasteiger partial charge on any atom is -0.355 e. The Morgan fingerprint density at radius 3 is 2.81 bits per heavy atom. The maximum Gasteiger partial charge on any atom is 0.271 e. The summed E-state index contributed by atoms with van der Waals surface area (Å²) in [6.07, 6.45) is 6.47. The molecule has 0 bridgehead atoms. The first-order valence-corrected chi connectivity index (χ1v) is 7.17. The first-order valence-electron chi connectivity index (χ1n) is 7.17. The highest BCUT2D eigenvalue weighted by molar-refractivity contribution is 5.92. The van der Waals surface area contributed by atoms with Crippen LogP contribution in [0.15, 0.2) is 24.7 Å². The van der Waals surface area contributed by atoms with Gasteiger partial charge in [-0.3, -0.25) is 4.79 Å². The van der Waals surface area contributed by atoms with Crippen LogP contribution < -0.4 is 10.2 Å². The molecule has 0 spiro atoms. The summed E-state index contributed by atoms with van der Waals surface area (Å²) in [6, 6.07) is 3.59. The minimum absolute atomic E-state index is 0.199. The molecule has 7 heteroatoms. The molecule has 0 radical (unpaired) electrons. The maximum absolute atomic E-state index is 12.0. The zero-order valence-electron chi connectivity index (χ0n) is 11.7. The van der Waals surface area contributed by atoms with Crippen molar-refractivity contribution >= 4 is 11.7 Å². The molecule has 1 aliphatic rings. The van der Waals surface area contributed by atoms with Gasteiger partial charge >= 0.3 is 0 Å². The normalized spacial score (nSPS) is 14.4. The molecule has 2 aromatic heterocycles. The Kier molecular flexibility index (Phi) is 4.09. The van der Waals surface area contributed by atoms with Crippen molar-refractivity contribution in [2.75, 3.05) is 24.5 Å². The highest BCUT2D eigenvalue weighted by Gasteiger charge is 2.15. The molecule has 7 nitrogen and oxygen atoms in total. The molecule has 1 fully saturated rings. The monoisotopic (exact) mass is 286 g/mol. The average Bonchev–Trinajstić information content (AvgIpc) is 3.21. The van der Waals surface area contributed by atoms with Gasteiger partial charge in [-0.2, -0.15) is 0 Å². The van der Waals surface area contributed by atoms with Crippen molar-refractivity contribution in [3.05, 3.63) is 36.0 Å². The number of nitrogens with zero attached hydrogens (tertiary/aromatic N) is 4. The van der Waals surface area contributed by atoms with Gasteiger partial charge in [0.15, 0.2) is 11.5 Å². The third-order valence-electron chi connectivity index (χ3n) is 3.55. The summed E-state index contributed by atoms with van der Waals surface area (Å²) in [6.45, 7) is 2.57. The van der Waals surface area contributed by atoms with Crippen molar-refractivity contribution in [1.82, 2.24) is 25.5 Å². The van der Waals surface area contributed by atoms with Crippen LogP contribution in [0, 0.1) is 0 Å². The number of rotatable bonds is 5. The molecule has 0 saturated carbocycles. The number of anilines is 1. The van der Waals surface area contributed by atoms with E-state index in [9.17, 15) is 4.79 Å². The fraction of sp³-hybridized carbons (Fsp3) is 0.429. The molecule has 21 heavy (non-hydrogen) atoms. The third kappa shape index (κ3) is 3.36. The van der Waals surface area contributed by atoms with E-state index in [1.54, 1.807) is 18.6 Å². The van der Waals surface area contributed by atoms with Gasteiger partial charge in [0.25, 0.3) is 5.91 Å². The molecule has 2 aromatic rings. The van der Waals surface area contributed by atoms with E-state index in [0.717, 1.165) is 24.6 Å². The van der Waals surface area contributed by atoms with Crippen LogP contribution in [0.25, 0.3) is 0 Å². The number of carbonyl (C=O) groups is 1. The fourth-order valence-electron chi connectivity index (χ4n) is 2.38. The molecule has 2 N–H and O–H groups in total. The molecule has 0 atom stereocenters. The van der Waals surface area contributed by atoms with Crippen molar-refractivity contribution in [1.29, 1.82) is 0 Å². The summed E-state index contributed by atoms with van der Waals surface area (Å²) in [7, 11) is 0. The first-order chi connectivity index (χ1) is 10.3. The van der Waals surface area contributed by atoms with E-state index in [1.807, 2.05) is 6.07 Å². The van der Waals surface area contributed by atoms with Crippen LogP contribution in [0.3, 0.4) is 0 Å². The van der Waals surface area contributed by atoms with Crippen molar-refractivity contribution < 1.29 is 4.79 Å². The Labute approximate surface area is 122 Å². The molecular weight excluding hydrogens is 268 g/mol. The summed E-state index contributed by atoms with van der Waals surface area (Å²) >= 11 is 0. The Balaban J connectivity index is 1.52. The largest absolute Gasteiger partial charge is 0.355 e. The predicted molar refractivity (Wildman–Crippen MR) is 78.1 cm³/mol. The van der Waals surface area contributed by atoms with Gasteiger partial charge in [0, 0.05) is 37.9 Å². The van der Waals surface area contributed by atoms with Gasteiger partial charge in [0.1, 0.15) is 0 Å². The smallest absolute Gasteiger partial charge is 0.271 e. The van der Waals surface area contributed by atoms with Crippen LogP contribution >= 0.6 is 0 Å². The average molecular weight is 286 g/mol. The molecule has 110 valence electrons. The zero-order chi connectivity index (χ0) is 14.5. The van der Waals surface area contributed by atoms with E-state index in [-0.39, 0.29) is 5.91 Å². The van der Waals surface area contributed by atoms with E-state index in [2.05, 4.69) is 30.4 Å². The lowest BCUT2D eigenvalue weighted by molar-refractivity contribution is 0.0948. The van der Waals surface area contributed by atoms with Crippen LogP contribution in [-0.4, -0.2) is 45.7 Å². The number of H-pyrrole nitrogens is 1. The summed E-state index contributed by atoms with van der Waals surface area (Å²) < 4.78 is 0. The van der Waals surface area contributed by atoms with Crippen molar-refractivity contribution in [3.63, 3.8) is 0 Å². The Morgan fingerprint density at radius 2 is 2.14 bits per heavy atom. The van der Waals surface area contributed by atoms with Crippen LogP contribution in [0.5, 0.6) is 0 Å². The third-order valence-corrected chi connectivity index (χ3v) is 3.55. The van der Waals surface area contributed by atoms with Gasteiger partial charge in [-0.1, -0.05) is 0 Å². The van der Waals surface area contributed by atoms with Crippen molar-refractivity contribution in [3.8, 4) is 0 Å². The predicted octanol–water partition coefficient (Wildman–Crippen LogP) is 0.772.